The van der Waals surface area contributed by atoms with Crippen molar-refractivity contribution in [3.63, 3.8) is 0 Å². The smallest absolute Gasteiger partial charge is 0.306 e. The van der Waals surface area contributed by atoms with Gasteiger partial charge in [-0.2, -0.15) is 0 Å². The first-order valence-electron chi connectivity index (χ1n) is 11.8. The summed E-state index contributed by atoms with van der Waals surface area (Å²) in [6.07, 6.45) is 9.01. The second-order valence-corrected chi connectivity index (χ2v) is 11.5. The van der Waals surface area contributed by atoms with E-state index in [1.54, 1.807) is 0 Å². The van der Waals surface area contributed by atoms with E-state index in [4.69, 9.17) is 4.74 Å². The van der Waals surface area contributed by atoms with Gasteiger partial charge in [0.25, 0.3) is 0 Å². The van der Waals surface area contributed by atoms with Crippen LogP contribution < -0.4 is 0 Å². The molecule has 4 aliphatic carbocycles. The zero-order valence-electron chi connectivity index (χ0n) is 17.8. The van der Waals surface area contributed by atoms with Gasteiger partial charge in [0.2, 0.25) is 0 Å². The predicted molar refractivity (Wildman–Crippen MR) is 106 cm³/mol. The van der Waals surface area contributed by atoms with Gasteiger partial charge in [-0.1, -0.05) is 20.8 Å². The molecule has 1 spiro atoms. The van der Waals surface area contributed by atoms with E-state index in [1.807, 2.05) is 0 Å². The third kappa shape index (κ3) is 2.34. The van der Waals surface area contributed by atoms with Crippen LogP contribution in [0.5, 0.6) is 0 Å². The minimum Gasteiger partial charge on any atom is -0.458 e. The average Bonchev–Trinajstić information content (AvgIpc) is 2.93. The van der Waals surface area contributed by atoms with Gasteiger partial charge in [0.15, 0.2) is 0 Å². The summed E-state index contributed by atoms with van der Waals surface area (Å²) in [5, 5.41) is 21.5. The number of fused-ring (bicyclic) bond motifs is 6. The van der Waals surface area contributed by atoms with Gasteiger partial charge < -0.3 is 14.9 Å². The fourth-order valence-corrected chi connectivity index (χ4v) is 9.13. The Bertz CT molecular complexity index is 663. The zero-order chi connectivity index (χ0) is 19.9. The largest absolute Gasteiger partial charge is 0.458 e. The molecule has 5 rings (SSSR count). The number of esters is 1. The van der Waals surface area contributed by atoms with E-state index in [1.165, 1.54) is 0 Å². The van der Waals surface area contributed by atoms with Crippen molar-refractivity contribution in [3.05, 3.63) is 0 Å². The van der Waals surface area contributed by atoms with Gasteiger partial charge in [-0.05, 0) is 92.8 Å². The van der Waals surface area contributed by atoms with Crippen LogP contribution in [0.2, 0.25) is 0 Å². The zero-order valence-corrected chi connectivity index (χ0v) is 17.8. The molecule has 2 N–H and O–H groups in total. The Morgan fingerprint density at radius 1 is 0.964 bits per heavy atom. The fourth-order valence-electron chi connectivity index (χ4n) is 9.13. The van der Waals surface area contributed by atoms with Crippen LogP contribution in [-0.2, 0) is 9.53 Å². The van der Waals surface area contributed by atoms with E-state index in [0.717, 1.165) is 57.8 Å². The number of aliphatic hydroxyl groups is 2. The number of hydrogen-bond donors (Lipinski definition) is 2. The SMILES string of the molecule is CC1CCC(=O)O[C@@]12CC[C@H]1[C@@H]3[C@H](O)C[C@@H]4C[C@H](O)CC[C@]4(C)[C@H]3CC[C@@]12C. The van der Waals surface area contributed by atoms with Crippen LogP contribution in [0, 0.1) is 40.4 Å². The molecule has 10 atom stereocenters. The van der Waals surface area contributed by atoms with Crippen molar-refractivity contribution in [3.8, 4) is 0 Å². The molecule has 5 aliphatic rings. The van der Waals surface area contributed by atoms with E-state index in [0.29, 0.717) is 36.0 Å². The highest BCUT2D eigenvalue weighted by molar-refractivity contribution is 5.71. The topological polar surface area (TPSA) is 66.8 Å². The van der Waals surface area contributed by atoms with E-state index in [2.05, 4.69) is 20.8 Å². The molecule has 0 aromatic heterocycles. The lowest BCUT2D eigenvalue weighted by atomic mass is 9.43. The van der Waals surface area contributed by atoms with E-state index in [-0.39, 0.29) is 34.6 Å². The van der Waals surface area contributed by atoms with Crippen molar-refractivity contribution < 1.29 is 19.7 Å². The van der Waals surface area contributed by atoms with E-state index < -0.39 is 0 Å². The van der Waals surface area contributed by atoms with Crippen molar-refractivity contribution in [1.29, 1.82) is 0 Å². The molecule has 1 heterocycles. The molecule has 0 bridgehead atoms. The molecule has 4 nitrogen and oxygen atoms in total. The van der Waals surface area contributed by atoms with Crippen LogP contribution in [0.4, 0.5) is 0 Å². The summed E-state index contributed by atoms with van der Waals surface area (Å²) in [5.41, 5.74) is -0.0880. The molecule has 1 saturated heterocycles. The van der Waals surface area contributed by atoms with Crippen LogP contribution in [-0.4, -0.2) is 34.0 Å². The third-order valence-electron chi connectivity index (χ3n) is 10.7. The number of hydrogen-bond acceptors (Lipinski definition) is 4. The molecular weight excluding hydrogens is 352 g/mol. The predicted octanol–water partition coefficient (Wildman–Crippen LogP) is 4.07. The standard InChI is InChI=1S/C24H38O4/c1-14-4-5-20(27)28-24(14)11-8-18-21-17(7-10-23(18,24)3)22(2)9-6-16(25)12-15(22)13-19(21)26/h14-19,21,25-26H,4-13H2,1-3H3/t14?,15-,16+,17-,18-,19+,21+,22-,23-,24-/m0/s1. The first kappa shape index (κ1) is 19.4. The van der Waals surface area contributed by atoms with Crippen molar-refractivity contribution in [2.75, 3.05) is 0 Å². The summed E-state index contributed by atoms with van der Waals surface area (Å²) >= 11 is 0. The molecule has 0 amide bonds. The van der Waals surface area contributed by atoms with Crippen molar-refractivity contribution >= 4 is 5.97 Å². The van der Waals surface area contributed by atoms with E-state index >= 15 is 0 Å². The van der Waals surface area contributed by atoms with Crippen LogP contribution in [0.1, 0.15) is 85.0 Å². The second kappa shape index (κ2) is 6.20. The first-order chi connectivity index (χ1) is 13.2. The number of ether oxygens (including phenoxy) is 1. The summed E-state index contributed by atoms with van der Waals surface area (Å²) in [4.78, 5) is 12.3. The van der Waals surface area contributed by atoms with Crippen LogP contribution >= 0.6 is 0 Å². The fraction of sp³-hybridized carbons (Fsp3) is 0.958. The molecule has 1 aliphatic heterocycles. The average molecular weight is 391 g/mol. The quantitative estimate of drug-likeness (QED) is 0.612. The minimum absolute atomic E-state index is 0.0119. The Morgan fingerprint density at radius 2 is 1.71 bits per heavy atom. The van der Waals surface area contributed by atoms with Gasteiger partial charge >= 0.3 is 5.97 Å². The molecule has 0 radical (unpaired) electrons. The van der Waals surface area contributed by atoms with Crippen molar-refractivity contribution in [2.24, 2.45) is 40.4 Å². The number of aliphatic hydroxyl groups excluding tert-OH is 2. The number of rotatable bonds is 0. The highest BCUT2D eigenvalue weighted by Crippen LogP contribution is 2.70. The maximum absolute atomic E-state index is 12.3. The summed E-state index contributed by atoms with van der Waals surface area (Å²) in [6, 6.07) is 0. The summed E-state index contributed by atoms with van der Waals surface area (Å²) < 4.78 is 6.23. The highest BCUT2D eigenvalue weighted by Gasteiger charge is 2.69. The van der Waals surface area contributed by atoms with Gasteiger partial charge in [-0.3, -0.25) is 4.79 Å². The molecule has 1 unspecified atom stereocenters. The van der Waals surface area contributed by atoms with Crippen LogP contribution in [0.3, 0.4) is 0 Å². The Hall–Kier alpha value is -0.610. The Labute approximate surface area is 169 Å². The molecule has 4 saturated carbocycles. The van der Waals surface area contributed by atoms with Gasteiger partial charge in [0, 0.05) is 11.8 Å². The Kier molecular flexibility index (Phi) is 4.29. The maximum atomic E-state index is 12.3. The molecular formula is C24H38O4. The van der Waals surface area contributed by atoms with Gasteiger partial charge in [-0.25, -0.2) is 0 Å². The van der Waals surface area contributed by atoms with Crippen LogP contribution in [0.15, 0.2) is 0 Å². The molecule has 28 heavy (non-hydrogen) atoms. The molecule has 158 valence electrons. The van der Waals surface area contributed by atoms with Gasteiger partial charge in [0.1, 0.15) is 5.60 Å². The monoisotopic (exact) mass is 390 g/mol. The first-order valence-corrected chi connectivity index (χ1v) is 11.8. The lowest BCUT2D eigenvalue weighted by molar-refractivity contribution is -0.224. The van der Waals surface area contributed by atoms with Crippen LogP contribution in [0.25, 0.3) is 0 Å². The summed E-state index contributed by atoms with van der Waals surface area (Å²) in [5.74, 6) is 2.14. The lowest BCUT2D eigenvalue weighted by Crippen LogP contribution is -2.62. The van der Waals surface area contributed by atoms with Crippen molar-refractivity contribution in [1.82, 2.24) is 0 Å². The van der Waals surface area contributed by atoms with Gasteiger partial charge in [-0.15, -0.1) is 0 Å². The maximum Gasteiger partial charge on any atom is 0.306 e. The number of carbonyl (C=O) groups is 1. The second-order valence-electron chi connectivity index (χ2n) is 11.5. The van der Waals surface area contributed by atoms with Gasteiger partial charge in [0.05, 0.1) is 12.2 Å². The lowest BCUT2D eigenvalue weighted by Gasteiger charge is -2.63. The number of carbonyl (C=O) groups excluding carboxylic acids is 1. The normalized spacial score (nSPS) is 58.6. The highest BCUT2D eigenvalue weighted by atomic mass is 16.6. The van der Waals surface area contributed by atoms with Crippen molar-refractivity contribution in [2.45, 2.75) is 103 Å². The molecule has 4 heteroatoms. The molecule has 0 aromatic rings. The summed E-state index contributed by atoms with van der Waals surface area (Å²) in [6.45, 7) is 7.11. The Morgan fingerprint density at radius 3 is 2.50 bits per heavy atom. The minimum atomic E-state index is -0.321. The third-order valence-corrected chi connectivity index (χ3v) is 10.7. The molecule has 0 aromatic carbocycles. The molecule has 5 fully saturated rings. The summed E-state index contributed by atoms with van der Waals surface area (Å²) in [7, 11) is 0. The van der Waals surface area contributed by atoms with E-state index in [9.17, 15) is 15.0 Å². The Balaban J connectivity index is 1.50.